The van der Waals surface area contributed by atoms with E-state index in [-0.39, 0.29) is 11.8 Å². The van der Waals surface area contributed by atoms with E-state index in [0.717, 1.165) is 19.4 Å². The molecule has 1 fully saturated rings. The Labute approximate surface area is 78.0 Å². The van der Waals surface area contributed by atoms with E-state index < -0.39 is 0 Å². The minimum atomic E-state index is 0.218. The third kappa shape index (κ3) is 1.89. The van der Waals surface area contributed by atoms with Crippen molar-refractivity contribution in [2.45, 2.75) is 12.8 Å². The first-order valence-corrected chi connectivity index (χ1v) is 4.68. The van der Waals surface area contributed by atoms with E-state index in [1.54, 1.807) is 0 Å². The van der Waals surface area contributed by atoms with Crippen molar-refractivity contribution in [2.75, 3.05) is 6.54 Å². The molecule has 0 radical (unpaired) electrons. The maximum Gasteiger partial charge on any atom is 0.224 e. The molecule has 0 aromatic heterocycles. The maximum absolute atomic E-state index is 10.9. The Morgan fingerprint density at radius 3 is 2.62 bits per heavy atom. The summed E-state index contributed by atoms with van der Waals surface area (Å²) in [4.78, 5) is 10.9. The van der Waals surface area contributed by atoms with Crippen molar-refractivity contribution in [3.05, 3.63) is 35.9 Å². The summed E-state index contributed by atoms with van der Waals surface area (Å²) in [5.74, 6) is 0.483. The molecule has 0 unspecified atom stereocenters. The van der Waals surface area contributed by atoms with Gasteiger partial charge in [0.1, 0.15) is 0 Å². The van der Waals surface area contributed by atoms with Crippen LogP contribution in [-0.4, -0.2) is 12.5 Å². The molecular formula is C11H13NO. The zero-order valence-corrected chi connectivity index (χ0v) is 7.49. The van der Waals surface area contributed by atoms with Crippen molar-refractivity contribution < 1.29 is 4.79 Å². The number of rotatable bonds is 3. The zero-order chi connectivity index (χ0) is 9.10. The van der Waals surface area contributed by atoms with Crippen LogP contribution in [0.25, 0.3) is 0 Å². The van der Waals surface area contributed by atoms with E-state index in [0.29, 0.717) is 0 Å². The Hall–Kier alpha value is -1.31. The molecular weight excluding hydrogens is 162 g/mol. The zero-order valence-electron chi connectivity index (χ0n) is 7.49. The van der Waals surface area contributed by atoms with Crippen molar-refractivity contribution in [2.24, 2.45) is 5.92 Å². The van der Waals surface area contributed by atoms with E-state index in [2.05, 4.69) is 17.4 Å². The van der Waals surface area contributed by atoms with Gasteiger partial charge in [0.25, 0.3) is 0 Å². The van der Waals surface area contributed by atoms with Gasteiger partial charge in [-0.1, -0.05) is 30.3 Å². The maximum atomic E-state index is 10.9. The molecule has 1 N–H and O–H groups in total. The second kappa shape index (κ2) is 3.60. The van der Waals surface area contributed by atoms with Crippen molar-refractivity contribution >= 4 is 5.91 Å². The van der Waals surface area contributed by atoms with Gasteiger partial charge in [0.2, 0.25) is 5.91 Å². The van der Waals surface area contributed by atoms with Gasteiger partial charge >= 0.3 is 0 Å². The third-order valence-electron chi connectivity index (χ3n) is 2.52. The second-order valence-electron chi connectivity index (χ2n) is 3.47. The van der Waals surface area contributed by atoms with Crippen LogP contribution in [0, 0.1) is 5.92 Å². The Morgan fingerprint density at radius 2 is 2.08 bits per heavy atom. The molecule has 68 valence electrons. The van der Waals surface area contributed by atoms with Gasteiger partial charge in [-0.25, -0.2) is 0 Å². The lowest BCUT2D eigenvalue weighted by molar-refractivity contribution is -0.131. The highest BCUT2D eigenvalue weighted by Gasteiger charge is 2.26. The summed E-state index contributed by atoms with van der Waals surface area (Å²) in [6.45, 7) is 0.867. The fourth-order valence-electron chi connectivity index (χ4n) is 1.55. The first-order valence-electron chi connectivity index (χ1n) is 4.68. The number of hydrogen-bond donors (Lipinski definition) is 1. The Balaban J connectivity index is 1.83. The molecule has 1 heterocycles. The number of carbonyl (C=O) groups excluding carboxylic acids is 1. The van der Waals surface area contributed by atoms with Crippen LogP contribution in [-0.2, 0) is 11.2 Å². The van der Waals surface area contributed by atoms with Crippen LogP contribution < -0.4 is 5.32 Å². The lowest BCUT2D eigenvalue weighted by Crippen LogP contribution is -2.48. The van der Waals surface area contributed by atoms with Crippen molar-refractivity contribution in [1.29, 1.82) is 0 Å². The molecule has 13 heavy (non-hydrogen) atoms. The van der Waals surface area contributed by atoms with Gasteiger partial charge in [-0.15, -0.1) is 0 Å². The van der Waals surface area contributed by atoms with Gasteiger partial charge in [-0.2, -0.15) is 0 Å². The standard InChI is InChI=1S/C11H13NO/c13-11-10(8-12-11)7-6-9-4-2-1-3-5-9/h1-5,10H,6-8H2,(H,12,13)/t10-/m0/s1. The van der Waals surface area contributed by atoms with E-state index in [1.807, 2.05) is 18.2 Å². The van der Waals surface area contributed by atoms with Crippen LogP contribution in [0.4, 0.5) is 0 Å². The average molecular weight is 175 g/mol. The van der Waals surface area contributed by atoms with Crippen LogP contribution in [0.5, 0.6) is 0 Å². The Bertz CT molecular complexity index is 294. The predicted molar refractivity (Wildman–Crippen MR) is 51.3 cm³/mol. The summed E-state index contributed by atoms with van der Waals surface area (Å²) >= 11 is 0. The van der Waals surface area contributed by atoms with Crippen LogP contribution in [0.15, 0.2) is 30.3 Å². The SMILES string of the molecule is O=C1NC[C@@H]1CCc1ccccc1. The number of amides is 1. The molecule has 1 aromatic rings. The van der Waals surface area contributed by atoms with Crippen molar-refractivity contribution in [3.63, 3.8) is 0 Å². The minimum Gasteiger partial charge on any atom is -0.355 e. The molecule has 0 aliphatic carbocycles. The molecule has 1 amide bonds. The normalized spacial score (nSPS) is 20.6. The topological polar surface area (TPSA) is 29.1 Å². The Morgan fingerprint density at radius 1 is 1.31 bits per heavy atom. The predicted octanol–water partition coefficient (Wildman–Crippen LogP) is 1.37. The number of nitrogens with one attached hydrogen (secondary N) is 1. The fraction of sp³-hybridized carbons (Fsp3) is 0.364. The van der Waals surface area contributed by atoms with Crippen LogP contribution >= 0.6 is 0 Å². The quantitative estimate of drug-likeness (QED) is 0.690. The highest BCUT2D eigenvalue weighted by atomic mass is 16.2. The molecule has 1 aromatic carbocycles. The first-order chi connectivity index (χ1) is 6.36. The summed E-state index contributed by atoms with van der Waals surface area (Å²) in [5, 5.41) is 2.76. The lowest BCUT2D eigenvalue weighted by atomic mass is 9.94. The molecule has 2 rings (SSSR count). The fourth-order valence-corrected chi connectivity index (χ4v) is 1.55. The first kappa shape index (κ1) is 8.30. The molecule has 1 saturated heterocycles. The molecule has 2 heteroatoms. The molecule has 0 spiro atoms. The van der Waals surface area contributed by atoms with Gasteiger partial charge in [0.05, 0.1) is 5.92 Å². The van der Waals surface area contributed by atoms with Gasteiger partial charge in [-0.3, -0.25) is 4.79 Å². The monoisotopic (exact) mass is 175 g/mol. The third-order valence-corrected chi connectivity index (χ3v) is 2.52. The van der Waals surface area contributed by atoms with Crippen LogP contribution in [0.3, 0.4) is 0 Å². The number of aryl methyl sites for hydroxylation is 1. The smallest absolute Gasteiger partial charge is 0.224 e. The molecule has 0 saturated carbocycles. The number of benzene rings is 1. The largest absolute Gasteiger partial charge is 0.355 e. The summed E-state index contributed by atoms with van der Waals surface area (Å²) in [6.07, 6.45) is 1.99. The molecule has 0 bridgehead atoms. The van der Waals surface area contributed by atoms with Gasteiger partial charge < -0.3 is 5.32 Å². The molecule has 1 aliphatic heterocycles. The minimum absolute atomic E-state index is 0.218. The van der Waals surface area contributed by atoms with Gasteiger partial charge in [0.15, 0.2) is 0 Å². The lowest BCUT2D eigenvalue weighted by Gasteiger charge is -2.25. The Kier molecular flexibility index (Phi) is 2.30. The van der Waals surface area contributed by atoms with E-state index >= 15 is 0 Å². The number of hydrogen-bond acceptors (Lipinski definition) is 1. The molecule has 1 atom stereocenters. The highest BCUT2D eigenvalue weighted by Crippen LogP contribution is 2.14. The van der Waals surface area contributed by atoms with Gasteiger partial charge in [-0.05, 0) is 18.4 Å². The number of β-lactam (4-membered cyclic amide) rings is 1. The van der Waals surface area contributed by atoms with Crippen LogP contribution in [0.1, 0.15) is 12.0 Å². The molecule has 1 aliphatic rings. The van der Waals surface area contributed by atoms with E-state index in [1.165, 1.54) is 5.56 Å². The van der Waals surface area contributed by atoms with E-state index in [4.69, 9.17) is 0 Å². The summed E-state index contributed by atoms with van der Waals surface area (Å²) < 4.78 is 0. The summed E-state index contributed by atoms with van der Waals surface area (Å²) in [7, 11) is 0. The van der Waals surface area contributed by atoms with Crippen LogP contribution in [0.2, 0.25) is 0 Å². The molecule has 2 nitrogen and oxygen atoms in total. The number of carbonyl (C=O) groups is 1. The average Bonchev–Trinajstić information content (AvgIpc) is 2.17. The van der Waals surface area contributed by atoms with Gasteiger partial charge in [0, 0.05) is 6.54 Å². The van der Waals surface area contributed by atoms with Crippen molar-refractivity contribution in [1.82, 2.24) is 5.32 Å². The van der Waals surface area contributed by atoms with Crippen molar-refractivity contribution in [3.8, 4) is 0 Å². The summed E-state index contributed by atoms with van der Waals surface area (Å²) in [5.41, 5.74) is 1.32. The van der Waals surface area contributed by atoms with E-state index in [9.17, 15) is 4.79 Å². The second-order valence-corrected chi connectivity index (χ2v) is 3.47. The summed E-state index contributed by atoms with van der Waals surface area (Å²) in [6, 6.07) is 10.3. The highest BCUT2D eigenvalue weighted by molar-refractivity contribution is 5.84.